The fourth-order valence-electron chi connectivity index (χ4n) is 2.14. The molecular formula is C15H15F2NO. The predicted octanol–water partition coefficient (Wildman–Crippen LogP) is 2.42. The Kier molecular flexibility index (Phi) is 4.24. The van der Waals surface area contributed by atoms with Gasteiger partial charge in [0.25, 0.3) is 0 Å². The smallest absolute Gasteiger partial charge is 0.123 e. The maximum Gasteiger partial charge on any atom is 0.123 e. The molecule has 0 spiro atoms. The highest BCUT2D eigenvalue weighted by molar-refractivity contribution is 5.34. The molecule has 2 atom stereocenters. The van der Waals surface area contributed by atoms with Gasteiger partial charge in [-0.15, -0.1) is 0 Å². The summed E-state index contributed by atoms with van der Waals surface area (Å²) in [5.74, 6) is -1.21. The van der Waals surface area contributed by atoms with Gasteiger partial charge in [-0.3, -0.25) is 0 Å². The lowest BCUT2D eigenvalue weighted by Gasteiger charge is -2.23. The van der Waals surface area contributed by atoms with Crippen molar-refractivity contribution in [3.8, 4) is 0 Å². The van der Waals surface area contributed by atoms with Gasteiger partial charge in [0, 0.05) is 12.5 Å². The van der Waals surface area contributed by atoms with E-state index in [4.69, 9.17) is 5.73 Å². The summed E-state index contributed by atoms with van der Waals surface area (Å²) in [6.07, 6.45) is -0.854. The van der Waals surface area contributed by atoms with Crippen LogP contribution in [0.4, 0.5) is 8.78 Å². The topological polar surface area (TPSA) is 46.2 Å². The highest BCUT2D eigenvalue weighted by Crippen LogP contribution is 2.28. The van der Waals surface area contributed by atoms with Crippen molar-refractivity contribution in [1.29, 1.82) is 0 Å². The van der Waals surface area contributed by atoms with Crippen LogP contribution in [0.1, 0.15) is 17.0 Å². The highest BCUT2D eigenvalue weighted by Gasteiger charge is 2.22. The summed E-state index contributed by atoms with van der Waals surface area (Å²) in [6, 6.07) is 11.7. The molecule has 2 aromatic rings. The number of hydrogen-bond acceptors (Lipinski definition) is 2. The average molecular weight is 263 g/mol. The fourth-order valence-corrected chi connectivity index (χ4v) is 2.14. The number of benzene rings is 2. The van der Waals surface area contributed by atoms with E-state index in [9.17, 15) is 13.9 Å². The van der Waals surface area contributed by atoms with Crippen molar-refractivity contribution >= 4 is 0 Å². The zero-order valence-corrected chi connectivity index (χ0v) is 10.3. The molecule has 0 aliphatic rings. The van der Waals surface area contributed by atoms with Crippen molar-refractivity contribution in [2.45, 2.75) is 12.0 Å². The SMILES string of the molecule is NCC(O)C(c1ccc(F)cc1)c1cccc(F)c1. The molecule has 2 rings (SSSR count). The molecule has 2 nitrogen and oxygen atoms in total. The van der Waals surface area contributed by atoms with Gasteiger partial charge in [-0.1, -0.05) is 24.3 Å². The number of aliphatic hydroxyl groups is 1. The van der Waals surface area contributed by atoms with Crippen LogP contribution in [-0.2, 0) is 0 Å². The number of rotatable bonds is 4. The van der Waals surface area contributed by atoms with Crippen molar-refractivity contribution in [2.24, 2.45) is 5.73 Å². The van der Waals surface area contributed by atoms with Gasteiger partial charge in [0.2, 0.25) is 0 Å². The van der Waals surface area contributed by atoms with E-state index in [0.29, 0.717) is 11.1 Å². The molecule has 0 saturated carbocycles. The lowest BCUT2D eigenvalue weighted by atomic mass is 9.86. The molecule has 0 amide bonds. The van der Waals surface area contributed by atoms with E-state index in [-0.39, 0.29) is 18.2 Å². The Morgan fingerprint density at radius 3 is 2.21 bits per heavy atom. The summed E-state index contributed by atoms with van der Waals surface area (Å²) in [5, 5.41) is 10.0. The van der Waals surface area contributed by atoms with Gasteiger partial charge in [-0.25, -0.2) is 8.78 Å². The lowest BCUT2D eigenvalue weighted by molar-refractivity contribution is 0.164. The van der Waals surface area contributed by atoms with Crippen LogP contribution in [0, 0.1) is 11.6 Å². The third kappa shape index (κ3) is 3.16. The highest BCUT2D eigenvalue weighted by atomic mass is 19.1. The molecule has 2 aromatic carbocycles. The summed E-state index contributed by atoms with van der Waals surface area (Å²) in [5.41, 5.74) is 6.81. The largest absolute Gasteiger partial charge is 0.391 e. The first-order valence-corrected chi connectivity index (χ1v) is 6.01. The lowest BCUT2D eigenvalue weighted by Crippen LogP contribution is -2.28. The molecule has 100 valence electrons. The Labute approximate surface area is 110 Å². The van der Waals surface area contributed by atoms with Gasteiger partial charge in [0.15, 0.2) is 0 Å². The third-order valence-corrected chi connectivity index (χ3v) is 3.06. The first-order valence-electron chi connectivity index (χ1n) is 6.01. The second kappa shape index (κ2) is 5.91. The summed E-state index contributed by atoms with van der Waals surface area (Å²) >= 11 is 0. The molecule has 0 heterocycles. The van der Waals surface area contributed by atoms with E-state index in [0.717, 1.165) is 0 Å². The molecule has 0 fully saturated rings. The fraction of sp³-hybridized carbons (Fsp3) is 0.200. The van der Waals surface area contributed by atoms with E-state index < -0.39 is 12.0 Å². The molecule has 0 radical (unpaired) electrons. The van der Waals surface area contributed by atoms with E-state index in [1.165, 1.54) is 24.3 Å². The normalized spacial score (nSPS) is 14.1. The standard InChI is InChI=1S/C15H15F2NO/c16-12-6-4-10(5-7-12)15(14(19)9-18)11-2-1-3-13(17)8-11/h1-8,14-15,19H,9,18H2. The molecule has 0 bridgehead atoms. The molecule has 0 saturated heterocycles. The Hall–Kier alpha value is -1.78. The summed E-state index contributed by atoms with van der Waals surface area (Å²) in [4.78, 5) is 0. The number of hydrogen-bond donors (Lipinski definition) is 2. The number of aliphatic hydroxyl groups excluding tert-OH is 1. The molecule has 0 aromatic heterocycles. The summed E-state index contributed by atoms with van der Waals surface area (Å²) in [7, 11) is 0. The predicted molar refractivity (Wildman–Crippen MR) is 69.7 cm³/mol. The van der Waals surface area contributed by atoms with Crippen molar-refractivity contribution in [3.05, 3.63) is 71.3 Å². The van der Waals surface area contributed by atoms with Crippen molar-refractivity contribution < 1.29 is 13.9 Å². The molecule has 2 unspecified atom stereocenters. The monoisotopic (exact) mass is 263 g/mol. The first-order chi connectivity index (χ1) is 9.11. The summed E-state index contributed by atoms with van der Waals surface area (Å²) in [6.45, 7) is 0.0402. The Morgan fingerprint density at radius 1 is 0.947 bits per heavy atom. The molecule has 0 aliphatic heterocycles. The molecule has 4 heteroatoms. The second-order valence-corrected chi connectivity index (χ2v) is 4.39. The molecule has 19 heavy (non-hydrogen) atoms. The van der Waals surface area contributed by atoms with Gasteiger partial charge < -0.3 is 10.8 Å². The average Bonchev–Trinajstić information content (AvgIpc) is 2.41. The minimum atomic E-state index is -0.854. The van der Waals surface area contributed by atoms with E-state index in [1.54, 1.807) is 24.3 Å². The van der Waals surface area contributed by atoms with Gasteiger partial charge in [0.1, 0.15) is 11.6 Å². The van der Waals surface area contributed by atoms with Crippen LogP contribution in [0.15, 0.2) is 48.5 Å². The van der Waals surface area contributed by atoms with Crippen LogP contribution < -0.4 is 5.73 Å². The van der Waals surface area contributed by atoms with E-state index in [1.807, 2.05) is 0 Å². The van der Waals surface area contributed by atoms with Crippen molar-refractivity contribution in [2.75, 3.05) is 6.54 Å². The summed E-state index contributed by atoms with van der Waals surface area (Å²) < 4.78 is 26.3. The molecule has 0 aliphatic carbocycles. The Bertz CT molecular complexity index is 542. The molecular weight excluding hydrogens is 248 g/mol. The van der Waals surface area contributed by atoms with Crippen LogP contribution in [-0.4, -0.2) is 17.8 Å². The van der Waals surface area contributed by atoms with E-state index >= 15 is 0 Å². The van der Waals surface area contributed by atoms with Crippen LogP contribution in [0.3, 0.4) is 0 Å². The second-order valence-electron chi connectivity index (χ2n) is 4.39. The van der Waals surface area contributed by atoms with Crippen LogP contribution in [0.25, 0.3) is 0 Å². The van der Waals surface area contributed by atoms with Gasteiger partial charge in [-0.2, -0.15) is 0 Å². The number of nitrogens with two attached hydrogens (primary N) is 1. The quantitative estimate of drug-likeness (QED) is 0.890. The van der Waals surface area contributed by atoms with Crippen LogP contribution in [0.5, 0.6) is 0 Å². The minimum absolute atomic E-state index is 0.0402. The molecule has 3 N–H and O–H groups in total. The first kappa shape index (κ1) is 13.6. The Morgan fingerprint density at radius 2 is 1.63 bits per heavy atom. The Balaban J connectivity index is 2.44. The van der Waals surface area contributed by atoms with Crippen molar-refractivity contribution in [1.82, 2.24) is 0 Å². The minimum Gasteiger partial charge on any atom is -0.391 e. The van der Waals surface area contributed by atoms with Crippen molar-refractivity contribution in [3.63, 3.8) is 0 Å². The van der Waals surface area contributed by atoms with Gasteiger partial charge in [0.05, 0.1) is 6.10 Å². The zero-order valence-electron chi connectivity index (χ0n) is 10.3. The van der Waals surface area contributed by atoms with Gasteiger partial charge in [-0.05, 0) is 35.4 Å². The third-order valence-electron chi connectivity index (χ3n) is 3.06. The van der Waals surface area contributed by atoms with Crippen LogP contribution in [0.2, 0.25) is 0 Å². The van der Waals surface area contributed by atoms with Gasteiger partial charge >= 0.3 is 0 Å². The number of halogens is 2. The zero-order chi connectivity index (χ0) is 13.8. The maximum atomic E-state index is 13.3. The van der Waals surface area contributed by atoms with E-state index in [2.05, 4.69) is 0 Å². The van der Waals surface area contributed by atoms with Crippen LogP contribution >= 0.6 is 0 Å². The maximum absolute atomic E-state index is 13.3.